The molecule has 0 unspecified atom stereocenters. The molecule has 1 N–H and O–H groups in total. The molecule has 0 radical (unpaired) electrons. The number of thioether (sulfide) groups is 1. The highest BCUT2D eigenvalue weighted by molar-refractivity contribution is 7.99. The number of amides is 1. The normalized spacial score (nSPS) is 11.0. The Morgan fingerprint density at radius 2 is 1.76 bits per heavy atom. The van der Waals surface area contributed by atoms with E-state index in [0.29, 0.717) is 16.0 Å². The minimum atomic E-state index is -0.248. The maximum atomic E-state index is 12.4. The number of halogens is 1. The van der Waals surface area contributed by atoms with Crippen molar-refractivity contribution in [2.45, 2.75) is 5.16 Å². The van der Waals surface area contributed by atoms with E-state index < -0.39 is 0 Å². The Hall–Kier alpha value is -3.69. The van der Waals surface area contributed by atoms with Crippen molar-refractivity contribution in [3.05, 3.63) is 83.6 Å². The van der Waals surface area contributed by atoms with E-state index in [2.05, 4.69) is 25.7 Å². The molecular formula is C24H22ClN7OS. The van der Waals surface area contributed by atoms with Gasteiger partial charge in [-0.15, -0.1) is 10.2 Å². The van der Waals surface area contributed by atoms with E-state index in [1.54, 1.807) is 30.7 Å². The summed E-state index contributed by atoms with van der Waals surface area (Å²) in [6, 6.07) is 18.9. The molecule has 0 saturated heterocycles. The van der Waals surface area contributed by atoms with Gasteiger partial charge in [0.05, 0.1) is 12.0 Å². The molecule has 0 aliphatic heterocycles. The van der Waals surface area contributed by atoms with Gasteiger partial charge in [0.1, 0.15) is 0 Å². The number of rotatable bonds is 8. The van der Waals surface area contributed by atoms with Gasteiger partial charge in [-0.1, -0.05) is 35.5 Å². The van der Waals surface area contributed by atoms with Crippen LogP contribution in [0.3, 0.4) is 0 Å². The summed E-state index contributed by atoms with van der Waals surface area (Å²) < 4.78 is 1.89. The maximum Gasteiger partial charge on any atom is 0.250 e. The zero-order valence-electron chi connectivity index (χ0n) is 18.6. The lowest BCUT2D eigenvalue weighted by atomic mass is 10.2. The molecule has 2 aromatic carbocycles. The summed E-state index contributed by atoms with van der Waals surface area (Å²) in [5.74, 6) is 0.521. The van der Waals surface area contributed by atoms with Crippen LogP contribution in [0.2, 0.25) is 5.02 Å². The fourth-order valence-corrected chi connectivity index (χ4v) is 3.94. The molecule has 4 rings (SSSR count). The van der Waals surface area contributed by atoms with Gasteiger partial charge in [0.2, 0.25) is 0 Å². The van der Waals surface area contributed by atoms with Gasteiger partial charge in [0.15, 0.2) is 11.0 Å². The van der Waals surface area contributed by atoms with Crippen LogP contribution in [0, 0.1) is 0 Å². The van der Waals surface area contributed by atoms with Crippen LogP contribution in [-0.2, 0) is 4.79 Å². The van der Waals surface area contributed by atoms with Crippen LogP contribution in [-0.4, -0.2) is 51.7 Å². The van der Waals surface area contributed by atoms with Crippen LogP contribution >= 0.6 is 23.4 Å². The van der Waals surface area contributed by atoms with Crippen LogP contribution < -0.4 is 10.3 Å². The third-order valence-corrected chi connectivity index (χ3v) is 5.98. The molecule has 0 fully saturated rings. The first-order valence-electron chi connectivity index (χ1n) is 10.3. The van der Waals surface area contributed by atoms with Crippen molar-refractivity contribution >= 4 is 41.2 Å². The van der Waals surface area contributed by atoms with E-state index in [0.717, 1.165) is 22.5 Å². The van der Waals surface area contributed by atoms with Gasteiger partial charge in [-0.05, 0) is 54.1 Å². The summed E-state index contributed by atoms with van der Waals surface area (Å²) in [4.78, 5) is 18.5. The summed E-state index contributed by atoms with van der Waals surface area (Å²) >= 11 is 7.33. The number of benzene rings is 2. The maximum absolute atomic E-state index is 12.4. The first kappa shape index (κ1) is 23.5. The molecule has 2 aromatic heterocycles. The number of pyridine rings is 1. The molecule has 0 saturated carbocycles. The Balaban J connectivity index is 1.45. The SMILES string of the molecule is CN(C)c1ccc(C=NNC(=O)CSc2nnc(-c3ccncc3)n2-c2ccc(Cl)cc2)cc1. The number of carbonyl (C=O) groups excluding carboxylic acids is 1. The average molecular weight is 492 g/mol. The van der Waals surface area contributed by atoms with Crippen molar-refractivity contribution in [2.24, 2.45) is 5.10 Å². The Morgan fingerprint density at radius 1 is 1.06 bits per heavy atom. The van der Waals surface area contributed by atoms with Gasteiger partial charge < -0.3 is 4.90 Å². The monoisotopic (exact) mass is 491 g/mol. The van der Waals surface area contributed by atoms with E-state index in [1.165, 1.54) is 11.8 Å². The molecule has 0 aliphatic rings. The van der Waals surface area contributed by atoms with E-state index in [-0.39, 0.29) is 11.7 Å². The van der Waals surface area contributed by atoms with Crippen molar-refractivity contribution in [3.8, 4) is 17.1 Å². The van der Waals surface area contributed by atoms with Gasteiger partial charge in [-0.25, -0.2) is 5.43 Å². The predicted octanol–water partition coefficient (Wildman–Crippen LogP) is 4.29. The average Bonchev–Trinajstić information content (AvgIpc) is 3.28. The zero-order valence-corrected chi connectivity index (χ0v) is 20.2. The number of anilines is 1. The molecule has 0 spiro atoms. The highest BCUT2D eigenvalue weighted by atomic mass is 35.5. The van der Waals surface area contributed by atoms with E-state index in [9.17, 15) is 4.79 Å². The van der Waals surface area contributed by atoms with Crippen LogP contribution in [0.4, 0.5) is 5.69 Å². The summed E-state index contributed by atoms with van der Waals surface area (Å²) in [7, 11) is 3.96. The fourth-order valence-electron chi connectivity index (χ4n) is 3.07. The standard InChI is InChI=1S/C24H22ClN7OS/c1-31(2)20-7-3-17(4-8-20)15-27-28-22(33)16-34-24-30-29-23(18-11-13-26-14-12-18)32(24)21-9-5-19(25)6-10-21/h3-15H,16H2,1-2H3,(H,28,33). The quantitative estimate of drug-likeness (QED) is 0.225. The predicted molar refractivity (Wildman–Crippen MR) is 137 cm³/mol. The van der Waals surface area contributed by atoms with Crippen molar-refractivity contribution in [3.63, 3.8) is 0 Å². The van der Waals surface area contributed by atoms with E-state index in [4.69, 9.17) is 11.6 Å². The molecular weight excluding hydrogens is 470 g/mol. The van der Waals surface area contributed by atoms with Crippen molar-refractivity contribution in [1.29, 1.82) is 0 Å². The molecule has 10 heteroatoms. The second-order valence-corrected chi connectivity index (χ2v) is 8.80. The summed E-state index contributed by atoms with van der Waals surface area (Å²) in [5.41, 5.74) is 6.24. The molecule has 0 bridgehead atoms. The Labute approximate surface area is 206 Å². The van der Waals surface area contributed by atoms with Gasteiger partial charge in [0.25, 0.3) is 5.91 Å². The number of hydrazone groups is 1. The minimum Gasteiger partial charge on any atom is -0.378 e. The van der Waals surface area contributed by atoms with Gasteiger partial charge in [-0.3, -0.25) is 14.3 Å². The van der Waals surface area contributed by atoms with Crippen LogP contribution in [0.5, 0.6) is 0 Å². The number of carbonyl (C=O) groups is 1. The van der Waals surface area contributed by atoms with Crippen LogP contribution in [0.1, 0.15) is 5.56 Å². The van der Waals surface area contributed by atoms with E-state index >= 15 is 0 Å². The molecule has 4 aromatic rings. The second kappa shape index (κ2) is 11.0. The molecule has 0 atom stereocenters. The fraction of sp³-hybridized carbons (Fsp3) is 0.125. The second-order valence-electron chi connectivity index (χ2n) is 7.42. The Bertz CT molecular complexity index is 1270. The minimum absolute atomic E-state index is 0.124. The van der Waals surface area contributed by atoms with Crippen molar-refractivity contribution in [1.82, 2.24) is 25.2 Å². The zero-order chi connectivity index (χ0) is 23.9. The largest absolute Gasteiger partial charge is 0.378 e. The number of nitrogens with zero attached hydrogens (tertiary/aromatic N) is 6. The molecule has 8 nitrogen and oxygen atoms in total. The van der Waals surface area contributed by atoms with Gasteiger partial charge in [0, 0.05) is 48.4 Å². The molecule has 172 valence electrons. The van der Waals surface area contributed by atoms with Gasteiger partial charge >= 0.3 is 0 Å². The first-order chi connectivity index (χ1) is 16.5. The lowest BCUT2D eigenvalue weighted by Crippen LogP contribution is -2.20. The Kier molecular flexibility index (Phi) is 7.56. The first-order valence-corrected chi connectivity index (χ1v) is 11.7. The lowest BCUT2D eigenvalue weighted by molar-refractivity contribution is -0.118. The molecule has 0 aliphatic carbocycles. The summed E-state index contributed by atoms with van der Waals surface area (Å²) in [6.07, 6.45) is 5.00. The lowest BCUT2D eigenvalue weighted by Gasteiger charge is -2.11. The topological polar surface area (TPSA) is 88.3 Å². The third kappa shape index (κ3) is 5.81. The van der Waals surface area contributed by atoms with E-state index in [1.807, 2.05) is 72.1 Å². The smallest absolute Gasteiger partial charge is 0.250 e. The molecule has 34 heavy (non-hydrogen) atoms. The van der Waals surface area contributed by atoms with Crippen LogP contribution in [0.15, 0.2) is 83.3 Å². The molecule has 1 amide bonds. The molecule has 2 heterocycles. The Morgan fingerprint density at radius 3 is 2.44 bits per heavy atom. The van der Waals surface area contributed by atoms with Gasteiger partial charge in [-0.2, -0.15) is 5.10 Å². The number of hydrogen-bond donors (Lipinski definition) is 1. The summed E-state index contributed by atoms with van der Waals surface area (Å²) in [5, 5.41) is 13.9. The van der Waals surface area contributed by atoms with Crippen molar-refractivity contribution < 1.29 is 4.79 Å². The number of hydrogen-bond acceptors (Lipinski definition) is 7. The third-order valence-electron chi connectivity index (χ3n) is 4.80. The van der Waals surface area contributed by atoms with Crippen molar-refractivity contribution in [2.75, 3.05) is 24.7 Å². The van der Waals surface area contributed by atoms with Crippen LogP contribution in [0.25, 0.3) is 17.1 Å². The number of nitrogens with one attached hydrogen (secondary N) is 1. The highest BCUT2D eigenvalue weighted by Gasteiger charge is 2.17. The number of aromatic nitrogens is 4. The highest BCUT2D eigenvalue weighted by Crippen LogP contribution is 2.28. The summed E-state index contributed by atoms with van der Waals surface area (Å²) in [6.45, 7) is 0.